The van der Waals surface area contributed by atoms with E-state index >= 15 is 0 Å². The molecule has 0 aromatic rings. The van der Waals surface area contributed by atoms with Crippen LogP contribution in [-0.2, 0) is 10.2 Å². The Balaban J connectivity index is 1.89. The van der Waals surface area contributed by atoms with E-state index in [0.717, 1.165) is 25.8 Å². The van der Waals surface area contributed by atoms with Gasteiger partial charge in [-0.1, -0.05) is 25.7 Å². The van der Waals surface area contributed by atoms with Gasteiger partial charge in [0.2, 0.25) is 0 Å². The van der Waals surface area contributed by atoms with Crippen LogP contribution in [0.4, 0.5) is 0 Å². The molecule has 0 spiro atoms. The van der Waals surface area contributed by atoms with E-state index in [4.69, 9.17) is 0 Å². The average Bonchev–Trinajstić information content (AvgIpc) is 2.47. The minimum atomic E-state index is -3.31. The first-order valence-corrected chi connectivity index (χ1v) is 9.48. The molecule has 2 rings (SSSR count). The maximum absolute atomic E-state index is 12.5. The zero-order valence-electron chi connectivity index (χ0n) is 12.6. The van der Waals surface area contributed by atoms with Crippen molar-refractivity contribution in [1.29, 1.82) is 0 Å². The molecule has 1 saturated carbocycles. The summed E-state index contributed by atoms with van der Waals surface area (Å²) in [6, 6.07) is 0.109. The van der Waals surface area contributed by atoms with Gasteiger partial charge in [-0.25, -0.2) is 4.72 Å². The highest BCUT2D eigenvalue weighted by atomic mass is 32.2. The van der Waals surface area contributed by atoms with Gasteiger partial charge in [0.1, 0.15) is 0 Å². The van der Waals surface area contributed by atoms with Crippen LogP contribution in [0.15, 0.2) is 0 Å². The predicted octanol–water partition coefficient (Wildman–Crippen LogP) is 1.47. The molecular weight excluding hydrogens is 274 g/mol. The summed E-state index contributed by atoms with van der Waals surface area (Å²) in [7, 11) is -1.43. The van der Waals surface area contributed by atoms with Gasteiger partial charge in [-0.05, 0) is 38.6 Å². The first-order valence-electron chi connectivity index (χ1n) is 8.04. The molecule has 1 aliphatic carbocycles. The first kappa shape index (κ1) is 16.2. The van der Waals surface area contributed by atoms with Crippen molar-refractivity contribution in [2.24, 2.45) is 5.92 Å². The molecule has 2 fully saturated rings. The summed E-state index contributed by atoms with van der Waals surface area (Å²) in [5.41, 5.74) is 0. The summed E-state index contributed by atoms with van der Waals surface area (Å²) in [4.78, 5) is 0. The van der Waals surface area contributed by atoms with Crippen molar-refractivity contribution in [2.45, 2.75) is 57.4 Å². The Morgan fingerprint density at radius 3 is 2.40 bits per heavy atom. The Kier molecular flexibility index (Phi) is 6.26. The summed E-state index contributed by atoms with van der Waals surface area (Å²) >= 11 is 0. The average molecular weight is 303 g/mol. The standard InChI is InChI=1S/C14H29N3O2S/c1-15-12-14-9-5-6-10-17(14)20(18,19)16-11-13-7-3-2-4-8-13/h13-16H,2-12H2,1H3. The zero-order valence-corrected chi connectivity index (χ0v) is 13.4. The Hall–Kier alpha value is -0.170. The van der Waals surface area contributed by atoms with Crippen LogP contribution in [0.5, 0.6) is 0 Å². The normalized spacial score (nSPS) is 26.8. The Bertz CT molecular complexity index is 378. The van der Waals surface area contributed by atoms with Gasteiger partial charge < -0.3 is 5.32 Å². The van der Waals surface area contributed by atoms with Gasteiger partial charge in [-0.3, -0.25) is 0 Å². The molecule has 5 nitrogen and oxygen atoms in total. The van der Waals surface area contributed by atoms with E-state index in [1.807, 2.05) is 7.05 Å². The Morgan fingerprint density at radius 2 is 1.70 bits per heavy atom. The molecule has 1 unspecified atom stereocenters. The molecule has 1 atom stereocenters. The number of rotatable bonds is 6. The molecule has 6 heteroatoms. The van der Waals surface area contributed by atoms with Gasteiger partial charge in [0.15, 0.2) is 0 Å². The van der Waals surface area contributed by atoms with Gasteiger partial charge in [0.25, 0.3) is 10.2 Å². The monoisotopic (exact) mass is 303 g/mol. The van der Waals surface area contributed by atoms with Gasteiger partial charge in [0.05, 0.1) is 0 Å². The van der Waals surface area contributed by atoms with E-state index in [9.17, 15) is 8.42 Å². The van der Waals surface area contributed by atoms with Crippen LogP contribution in [-0.4, -0.2) is 45.4 Å². The van der Waals surface area contributed by atoms with Crippen LogP contribution in [0.1, 0.15) is 51.4 Å². The number of nitrogens with one attached hydrogen (secondary N) is 2. The van der Waals surface area contributed by atoms with Gasteiger partial charge in [0, 0.05) is 25.7 Å². The summed E-state index contributed by atoms with van der Waals surface area (Å²) in [6.07, 6.45) is 9.21. The maximum atomic E-state index is 12.5. The largest absolute Gasteiger partial charge is 0.318 e. The molecule has 0 aromatic heterocycles. The van der Waals surface area contributed by atoms with Crippen LogP contribution < -0.4 is 10.0 Å². The van der Waals surface area contributed by atoms with Crippen molar-refractivity contribution in [3.05, 3.63) is 0 Å². The number of hydrogen-bond acceptors (Lipinski definition) is 3. The summed E-state index contributed by atoms with van der Waals surface area (Å²) in [5.74, 6) is 0.533. The topological polar surface area (TPSA) is 61.4 Å². The number of piperidine rings is 1. The van der Waals surface area contributed by atoms with E-state index < -0.39 is 10.2 Å². The van der Waals surface area contributed by atoms with E-state index in [0.29, 0.717) is 19.0 Å². The number of nitrogens with zero attached hydrogens (tertiary/aromatic N) is 1. The molecular formula is C14H29N3O2S. The molecule has 20 heavy (non-hydrogen) atoms. The highest BCUT2D eigenvalue weighted by Gasteiger charge is 2.32. The van der Waals surface area contributed by atoms with Crippen LogP contribution in [0, 0.1) is 5.92 Å². The van der Waals surface area contributed by atoms with Crippen molar-refractivity contribution < 1.29 is 8.42 Å². The van der Waals surface area contributed by atoms with Crippen molar-refractivity contribution in [1.82, 2.24) is 14.3 Å². The minimum Gasteiger partial charge on any atom is -0.318 e. The highest BCUT2D eigenvalue weighted by Crippen LogP contribution is 2.24. The maximum Gasteiger partial charge on any atom is 0.279 e. The molecule has 1 heterocycles. The minimum absolute atomic E-state index is 0.109. The van der Waals surface area contributed by atoms with Crippen molar-refractivity contribution in [2.75, 3.05) is 26.7 Å². The SMILES string of the molecule is CNCC1CCCCN1S(=O)(=O)NCC1CCCCC1. The molecule has 0 amide bonds. The van der Waals surface area contributed by atoms with Crippen LogP contribution in [0.2, 0.25) is 0 Å². The Morgan fingerprint density at radius 1 is 1.00 bits per heavy atom. The van der Waals surface area contributed by atoms with Crippen LogP contribution in [0.3, 0.4) is 0 Å². The van der Waals surface area contributed by atoms with E-state index in [1.165, 1.54) is 32.1 Å². The third-order valence-corrected chi connectivity index (χ3v) is 6.23. The Labute approximate surface area is 123 Å². The molecule has 2 N–H and O–H groups in total. The zero-order chi connectivity index (χ0) is 14.4. The lowest BCUT2D eigenvalue weighted by Crippen LogP contribution is -2.52. The molecule has 118 valence electrons. The summed E-state index contributed by atoms with van der Waals surface area (Å²) in [5, 5.41) is 3.11. The van der Waals surface area contributed by atoms with Gasteiger partial charge >= 0.3 is 0 Å². The second kappa shape index (κ2) is 7.73. The second-order valence-corrected chi connectivity index (χ2v) is 7.88. The fraction of sp³-hybridized carbons (Fsp3) is 1.00. The quantitative estimate of drug-likeness (QED) is 0.781. The highest BCUT2D eigenvalue weighted by molar-refractivity contribution is 7.87. The van der Waals surface area contributed by atoms with Gasteiger partial charge in [-0.2, -0.15) is 12.7 Å². The molecule has 1 saturated heterocycles. The lowest BCUT2D eigenvalue weighted by molar-refractivity contribution is 0.244. The van der Waals surface area contributed by atoms with Crippen molar-refractivity contribution >= 4 is 10.2 Å². The van der Waals surface area contributed by atoms with Crippen LogP contribution >= 0.6 is 0 Å². The molecule has 0 radical (unpaired) electrons. The third-order valence-electron chi connectivity index (χ3n) is 4.60. The molecule has 1 aliphatic heterocycles. The van der Waals surface area contributed by atoms with Crippen molar-refractivity contribution in [3.8, 4) is 0 Å². The summed E-state index contributed by atoms with van der Waals surface area (Å²) < 4.78 is 29.5. The third kappa shape index (κ3) is 4.41. The predicted molar refractivity (Wildman–Crippen MR) is 81.8 cm³/mol. The molecule has 0 aromatic carbocycles. The lowest BCUT2D eigenvalue weighted by atomic mass is 9.90. The fourth-order valence-corrected chi connectivity index (χ4v) is 4.98. The summed E-state index contributed by atoms with van der Waals surface area (Å²) in [6.45, 7) is 2.02. The second-order valence-electron chi connectivity index (χ2n) is 6.18. The smallest absolute Gasteiger partial charge is 0.279 e. The molecule has 2 aliphatic rings. The first-order chi connectivity index (χ1) is 9.63. The van der Waals surface area contributed by atoms with E-state index in [1.54, 1.807) is 4.31 Å². The van der Waals surface area contributed by atoms with Crippen molar-refractivity contribution in [3.63, 3.8) is 0 Å². The van der Waals surface area contributed by atoms with E-state index in [2.05, 4.69) is 10.0 Å². The lowest BCUT2D eigenvalue weighted by Gasteiger charge is -2.35. The molecule has 0 bridgehead atoms. The fourth-order valence-electron chi connectivity index (χ4n) is 3.43. The van der Waals surface area contributed by atoms with Gasteiger partial charge in [-0.15, -0.1) is 0 Å². The number of hydrogen-bond donors (Lipinski definition) is 2. The number of likely N-dealkylation sites (N-methyl/N-ethyl adjacent to an activating group) is 1. The van der Waals surface area contributed by atoms with Crippen LogP contribution in [0.25, 0.3) is 0 Å². The van der Waals surface area contributed by atoms with E-state index in [-0.39, 0.29) is 6.04 Å².